The van der Waals surface area contributed by atoms with Crippen molar-refractivity contribution < 1.29 is 88.2 Å². The highest BCUT2D eigenvalue weighted by atomic mass is 16.4. The number of aliphatic hydroxyl groups excluding tert-OH is 2. The van der Waals surface area contributed by atoms with Gasteiger partial charge in [0.2, 0.25) is 53.2 Å². The molecule has 0 bridgehead atoms. The fraction of sp³-hybridized carbons (Fsp3) is 0.500. The third-order valence-corrected chi connectivity index (χ3v) is 13.0. The van der Waals surface area contributed by atoms with Crippen molar-refractivity contribution in [3.63, 3.8) is 0 Å². The smallest absolute Gasteiger partial charge is 0.326 e. The average Bonchev–Trinajstić information content (AvgIpc) is 3.59. The molecule has 2 aromatic rings. The molecule has 0 saturated heterocycles. The number of aliphatic carboxylic acids is 3. The molecule has 28 nitrogen and oxygen atoms in total. The summed E-state index contributed by atoms with van der Waals surface area (Å²) in [7, 11) is 0. The molecule has 28 heteroatoms. The minimum Gasteiger partial charge on any atom is -0.508 e. The van der Waals surface area contributed by atoms with Crippen LogP contribution in [0, 0.1) is 11.8 Å². The van der Waals surface area contributed by atoms with E-state index in [-0.39, 0.29) is 37.9 Å². The van der Waals surface area contributed by atoms with Crippen LogP contribution in [0.25, 0.3) is 12.2 Å². The maximum atomic E-state index is 14.2. The van der Waals surface area contributed by atoms with E-state index in [4.69, 9.17) is 10.8 Å². The number of phenols is 1. The number of benzene rings is 2. The van der Waals surface area contributed by atoms with Gasteiger partial charge in [-0.3, -0.25) is 52.7 Å². The van der Waals surface area contributed by atoms with Crippen LogP contribution in [-0.2, 0) is 64.0 Å². The quantitative estimate of drug-likeness (QED) is 0.0362. The zero-order chi connectivity index (χ0) is 63.5. The van der Waals surface area contributed by atoms with E-state index in [0.717, 1.165) is 5.56 Å². The molecule has 0 aliphatic heterocycles. The second-order valence-corrected chi connectivity index (χ2v) is 20.4. The van der Waals surface area contributed by atoms with Crippen LogP contribution >= 0.6 is 0 Å². The Bertz CT molecular complexity index is 2700. The molecule has 0 spiro atoms. The highest BCUT2D eigenvalue weighted by Crippen LogP contribution is 2.18. The number of hydrogen-bond donors (Lipinski definition) is 16. The molecule has 0 saturated carbocycles. The standard InChI is InChI=1S/C56H80N10O18/c1-9-32-14-12-13-15-33(32)22-30(8)23-38(50(77)64-41(26-67)52(79)58-36(10-2)49(76)63-42(27-68)53(80)62-40(56(83)84)24-31-16-18-34(69)19-17-31)61-48(75)37(11-3)59-54(81)45(28(4)5)66-55(82)46(29(6)7)65-51(78)39(25-44(72)73)60-47(74)35(57)20-21-43(70)71/h9,12-19,22,28-29,35-42,45-46,67-69H,1,10-11,20-21,23-27,57H2,2-8H3,(H,58,79)(H,59,81)(H,60,74)(H,61,75)(H,62,80)(H,63,76)(H,64,77)(H,65,78)(H,66,82)(H,70,71)(H,72,73)(H,83,84)/b30-22+/t35-,36?,37?,38-,39-,40-,41-,42-,45-,46-/m0/s1. The Labute approximate surface area is 485 Å². The van der Waals surface area contributed by atoms with Gasteiger partial charge in [-0.1, -0.05) is 102 Å². The third kappa shape index (κ3) is 23.6. The molecule has 0 aromatic heterocycles. The van der Waals surface area contributed by atoms with E-state index in [1.54, 1.807) is 57.2 Å². The molecule has 2 rings (SSSR count). The molecule has 0 radical (unpaired) electrons. The van der Waals surface area contributed by atoms with Crippen LogP contribution in [0.15, 0.2) is 60.7 Å². The monoisotopic (exact) mass is 1180 g/mol. The van der Waals surface area contributed by atoms with Crippen LogP contribution in [0.4, 0.5) is 0 Å². The fourth-order valence-corrected chi connectivity index (χ4v) is 8.11. The van der Waals surface area contributed by atoms with Gasteiger partial charge in [0.25, 0.3) is 0 Å². The minimum atomic E-state index is -1.77. The van der Waals surface area contributed by atoms with E-state index in [0.29, 0.717) is 16.7 Å². The van der Waals surface area contributed by atoms with Crippen LogP contribution in [-0.4, -0.2) is 175 Å². The Kier molecular flexibility index (Phi) is 30.0. The van der Waals surface area contributed by atoms with Gasteiger partial charge in [-0.25, -0.2) is 4.79 Å². The highest BCUT2D eigenvalue weighted by molar-refractivity contribution is 5.99. The van der Waals surface area contributed by atoms with Crippen LogP contribution in [0.3, 0.4) is 0 Å². The van der Waals surface area contributed by atoms with Crippen molar-refractivity contribution in [2.75, 3.05) is 13.2 Å². The summed E-state index contributed by atoms with van der Waals surface area (Å²) in [6.45, 7) is 12.6. The molecule has 10 atom stereocenters. The Morgan fingerprint density at radius 1 is 0.512 bits per heavy atom. The number of nitrogens with one attached hydrogen (secondary N) is 9. The molecule has 462 valence electrons. The molecular weight excluding hydrogens is 1100 g/mol. The second kappa shape index (κ2) is 35.3. The van der Waals surface area contributed by atoms with Gasteiger partial charge in [-0.15, -0.1) is 0 Å². The predicted molar refractivity (Wildman–Crippen MR) is 303 cm³/mol. The summed E-state index contributed by atoms with van der Waals surface area (Å²) in [5.74, 6) is -14.7. The summed E-state index contributed by atoms with van der Waals surface area (Å²) in [5.41, 5.74) is 8.10. The first-order valence-electron chi connectivity index (χ1n) is 27.0. The number of aromatic hydroxyl groups is 1. The lowest BCUT2D eigenvalue weighted by Crippen LogP contribution is -2.62. The number of carbonyl (C=O) groups is 12. The predicted octanol–water partition coefficient (Wildman–Crippen LogP) is -1.70. The summed E-state index contributed by atoms with van der Waals surface area (Å²) in [4.78, 5) is 157. The zero-order valence-corrected chi connectivity index (χ0v) is 47.9. The van der Waals surface area contributed by atoms with Crippen molar-refractivity contribution in [2.24, 2.45) is 17.6 Å². The molecule has 0 aliphatic carbocycles. The van der Waals surface area contributed by atoms with E-state index in [2.05, 4.69) is 54.4 Å². The topological polar surface area (TPSA) is 461 Å². The Morgan fingerprint density at radius 2 is 0.905 bits per heavy atom. The van der Waals surface area contributed by atoms with Crippen molar-refractivity contribution in [1.82, 2.24) is 47.9 Å². The SMILES string of the molecule is C=Cc1ccccc1/C=C(\C)C[C@H](NC(=O)C(CC)NC(=O)[C@@H](NC(=O)[C@@H](NC(=O)[C@H](CC(=O)O)NC(=O)[C@@H](N)CCC(=O)O)C(C)C)C(C)C)C(=O)N[C@@H](CO)C(=O)NC(CC)C(=O)N[C@@H](CO)C(=O)N[C@@H](Cc1ccc(O)cc1)C(=O)O. The molecule has 0 aliphatic rings. The van der Waals surface area contributed by atoms with Crippen molar-refractivity contribution in [3.05, 3.63) is 77.4 Å². The average molecular weight is 1180 g/mol. The number of carboxylic acid groups (broad SMARTS) is 3. The van der Waals surface area contributed by atoms with E-state index in [1.807, 2.05) is 0 Å². The van der Waals surface area contributed by atoms with Crippen LogP contribution < -0.4 is 53.6 Å². The lowest BCUT2D eigenvalue weighted by Gasteiger charge is -2.29. The van der Waals surface area contributed by atoms with Gasteiger partial charge in [-0.2, -0.15) is 0 Å². The van der Waals surface area contributed by atoms with E-state index in [9.17, 15) is 83.1 Å². The summed E-state index contributed by atoms with van der Waals surface area (Å²) >= 11 is 0. The summed E-state index contributed by atoms with van der Waals surface area (Å²) in [6.07, 6.45) is 0.861. The molecular formula is C56H80N10O18. The highest BCUT2D eigenvalue weighted by Gasteiger charge is 2.37. The minimum absolute atomic E-state index is 0.0784. The third-order valence-electron chi connectivity index (χ3n) is 13.0. The van der Waals surface area contributed by atoms with Gasteiger partial charge in [0.15, 0.2) is 0 Å². The van der Waals surface area contributed by atoms with Gasteiger partial charge < -0.3 is 84.2 Å². The first-order chi connectivity index (χ1) is 39.5. The molecule has 17 N–H and O–H groups in total. The van der Waals surface area contributed by atoms with E-state index >= 15 is 0 Å². The molecule has 2 aromatic carbocycles. The van der Waals surface area contributed by atoms with Crippen LogP contribution in [0.1, 0.15) is 104 Å². The largest absolute Gasteiger partial charge is 0.508 e. The number of carbonyl (C=O) groups excluding carboxylic acids is 9. The van der Waals surface area contributed by atoms with Gasteiger partial charge in [-0.05, 0) is 73.3 Å². The fourth-order valence-electron chi connectivity index (χ4n) is 8.11. The van der Waals surface area contributed by atoms with Gasteiger partial charge in [0.1, 0.15) is 60.1 Å². The number of aliphatic hydroxyl groups is 2. The number of rotatable bonds is 36. The molecule has 0 heterocycles. The molecule has 0 fully saturated rings. The summed E-state index contributed by atoms with van der Waals surface area (Å²) in [6, 6.07) is -2.77. The summed E-state index contributed by atoms with van der Waals surface area (Å²) < 4.78 is 0. The van der Waals surface area contributed by atoms with Crippen molar-refractivity contribution in [2.45, 2.75) is 154 Å². The normalized spacial score (nSPS) is 14.9. The lowest BCUT2D eigenvalue weighted by molar-refractivity contribution is -0.142. The van der Waals surface area contributed by atoms with Crippen LogP contribution in [0.2, 0.25) is 0 Å². The number of hydrogen-bond acceptors (Lipinski definition) is 16. The van der Waals surface area contributed by atoms with Gasteiger partial charge in [0, 0.05) is 12.8 Å². The first-order valence-corrected chi connectivity index (χ1v) is 27.0. The Morgan fingerprint density at radius 3 is 1.36 bits per heavy atom. The molecule has 9 amide bonds. The molecule has 2 unspecified atom stereocenters. The van der Waals surface area contributed by atoms with Gasteiger partial charge >= 0.3 is 17.9 Å². The van der Waals surface area contributed by atoms with Gasteiger partial charge in [0.05, 0.1) is 25.7 Å². The maximum absolute atomic E-state index is 14.2. The first kappa shape index (κ1) is 71.3. The number of phenolic OH excluding ortho intramolecular Hbond substituents is 1. The molecule has 84 heavy (non-hydrogen) atoms. The maximum Gasteiger partial charge on any atom is 0.326 e. The van der Waals surface area contributed by atoms with Crippen molar-refractivity contribution in [3.8, 4) is 5.75 Å². The number of carboxylic acids is 3. The van der Waals surface area contributed by atoms with E-state index in [1.165, 1.54) is 52.0 Å². The zero-order valence-electron chi connectivity index (χ0n) is 47.9. The van der Waals surface area contributed by atoms with Crippen molar-refractivity contribution in [1.29, 1.82) is 0 Å². The number of nitrogens with two attached hydrogens (primary N) is 1. The second-order valence-electron chi connectivity index (χ2n) is 20.4. The van der Waals surface area contributed by atoms with Crippen molar-refractivity contribution >= 4 is 83.2 Å². The summed E-state index contributed by atoms with van der Waals surface area (Å²) in [5, 5.41) is 79.8. The Balaban J connectivity index is 2.36. The van der Waals surface area contributed by atoms with E-state index < -0.39 is 169 Å². The number of amides is 9. The van der Waals surface area contributed by atoms with Crippen LogP contribution in [0.5, 0.6) is 5.75 Å². The lowest BCUT2D eigenvalue weighted by atomic mass is 9.98. The Hall–Kier alpha value is -8.76.